The topological polar surface area (TPSA) is 70.4 Å². The summed E-state index contributed by atoms with van der Waals surface area (Å²) in [6.45, 7) is 5.16. The molecule has 0 N–H and O–H groups in total. The van der Waals surface area contributed by atoms with E-state index in [0.717, 1.165) is 3.57 Å². The molecule has 0 saturated heterocycles. The van der Waals surface area contributed by atoms with Crippen molar-refractivity contribution in [3.63, 3.8) is 0 Å². The zero-order chi connectivity index (χ0) is 13.8. The zero-order valence-electron chi connectivity index (χ0n) is 10.5. The van der Waals surface area contributed by atoms with E-state index in [9.17, 15) is 9.59 Å². The van der Waals surface area contributed by atoms with Gasteiger partial charge in [-0.25, -0.2) is 14.3 Å². The molecule has 7 heteroatoms. The van der Waals surface area contributed by atoms with E-state index in [1.54, 1.807) is 26.2 Å². The van der Waals surface area contributed by atoms with Gasteiger partial charge in [0.25, 0.3) is 5.54 Å². The molecule has 0 fully saturated rings. The fraction of sp³-hybridized carbons (Fsp3) is 0.545. The van der Waals surface area contributed by atoms with Crippen LogP contribution in [0.5, 0.6) is 0 Å². The number of aromatic nitrogens is 2. The van der Waals surface area contributed by atoms with Crippen molar-refractivity contribution in [3.05, 3.63) is 16.0 Å². The SMILES string of the molecule is CCOC(=O)C(C)(C(=O)OCC)n1cc(I)cn1. The van der Waals surface area contributed by atoms with Gasteiger partial charge in [-0.05, 0) is 43.4 Å². The second-order valence-electron chi connectivity index (χ2n) is 3.62. The molecule has 100 valence electrons. The molecule has 0 radical (unpaired) electrons. The van der Waals surface area contributed by atoms with Crippen molar-refractivity contribution in [3.8, 4) is 0 Å². The summed E-state index contributed by atoms with van der Waals surface area (Å²) in [6, 6.07) is 0. The minimum absolute atomic E-state index is 0.187. The van der Waals surface area contributed by atoms with Crippen molar-refractivity contribution in [2.75, 3.05) is 13.2 Å². The molecule has 1 aromatic rings. The van der Waals surface area contributed by atoms with Crippen molar-refractivity contribution in [1.82, 2.24) is 9.78 Å². The predicted octanol–water partition coefficient (Wildman–Crippen LogP) is 1.33. The Morgan fingerprint density at radius 1 is 1.33 bits per heavy atom. The average molecular weight is 366 g/mol. The maximum Gasteiger partial charge on any atom is 0.345 e. The number of hydrogen-bond donors (Lipinski definition) is 0. The van der Waals surface area contributed by atoms with Gasteiger partial charge in [0, 0.05) is 6.20 Å². The molecule has 1 aromatic heterocycles. The van der Waals surface area contributed by atoms with E-state index in [2.05, 4.69) is 5.10 Å². The molecule has 6 nitrogen and oxygen atoms in total. The number of hydrogen-bond acceptors (Lipinski definition) is 5. The lowest BCUT2D eigenvalue weighted by Gasteiger charge is -2.25. The van der Waals surface area contributed by atoms with Crippen LogP contribution in [-0.2, 0) is 24.6 Å². The summed E-state index contributed by atoms with van der Waals surface area (Å²) in [5, 5.41) is 4.00. The summed E-state index contributed by atoms with van der Waals surface area (Å²) >= 11 is 2.04. The van der Waals surface area contributed by atoms with Gasteiger partial charge in [0.1, 0.15) is 0 Å². The summed E-state index contributed by atoms with van der Waals surface area (Å²) in [4.78, 5) is 24.0. The third kappa shape index (κ3) is 2.82. The molecule has 0 unspecified atom stereocenters. The Bertz CT molecular complexity index is 426. The quantitative estimate of drug-likeness (QED) is 0.447. The van der Waals surface area contributed by atoms with Gasteiger partial charge < -0.3 is 9.47 Å². The monoisotopic (exact) mass is 366 g/mol. The zero-order valence-corrected chi connectivity index (χ0v) is 12.6. The standard InChI is InChI=1S/C11H15IN2O4/c1-4-17-9(15)11(3,10(16)18-5-2)14-7-8(12)6-13-14/h6-7H,4-5H2,1-3H3. The minimum atomic E-state index is -1.59. The van der Waals surface area contributed by atoms with Gasteiger partial charge in [-0.2, -0.15) is 5.10 Å². The molecular weight excluding hydrogens is 351 g/mol. The fourth-order valence-corrected chi connectivity index (χ4v) is 1.75. The Morgan fingerprint density at radius 2 is 1.83 bits per heavy atom. The molecule has 0 amide bonds. The van der Waals surface area contributed by atoms with Crippen LogP contribution in [0.25, 0.3) is 0 Å². The molecule has 0 spiro atoms. The van der Waals surface area contributed by atoms with E-state index < -0.39 is 17.5 Å². The van der Waals surface area contributed by atoms with Crippen LogP contribution in [0.1, 0.15) is 20.8 Å². The molecule has 0 atom stereocenters. The number of ether oxygens (including phenoxy) is 2. The summed E-state index contributed by atoms with van der Waals surface area (Å²) in [5.74, 6) is -1.36. The van der Waals surface area contributed by atoms with Crippen LogP contribution in [0.3, 0.4) is 0 Å². The lowest BCUT2D eigenvalue weighted by atomic mass is 10.0. The van der Waals surface area contributed by atoms with Gasteiger partial charge in [-0.15, -0.1) is 0 Å². The summed E-state index contributed by atoms with van der Waals surface area (Å²) < 4.78 is 12.0. The third-order valence-electron chi connectivity index (χ3n) is 2.36. The number of rotatable bonds is 5. The van der Waals surface area contributed by atoms with Gasteiger partial charge in [0.15, 0.2) is 0 Å². The Morgan fingerprint density at radius 3 is 2.17 bits per heavy atom. The van der Waals surface area contributed by atoms with Crippen LogP contribution in [0.4, 0.5) is 0 Å². The summed E-state index contributed by atoms with van der Waals surface area (Å²) in [7, 11) is 0. The first-order chi connectivity index (χ1) is 8.46. The second kappa shape index (κ2) is 6.17. The van der Waals surface area contributed by atoms with Crippen LogP contribution < -0.4 is 0 Å². The van der Waals surface area contributed by atoms with E-state index in [1.165, 1.54) is 11.6 Å². The van der Waals surface area contributed by atoms with Crippen molar-refractivity contribution in [2.24, 2.45) is 0 Å². The van der Waals surface area contributed by atoms with E-state index in [-0.39, 0.29) is 13.2 Å². The Kier molecular flexibility index (Phi) is 5.12. The number of carbonyl (C=O) groups is 2. The molecule has 0 aliphatic heterocycles. The molecule has 0 saturated carbocycles. The predicted molar refractivity (Wildman–Crippen MR) is 71.9 cm³/mol. The first-order valence-corrected chi connectivity index (χ1v) is 6.59. The van der Waals surface area contributed by atoms with Crippen molar-refractivity contribution >= 4 is 34.5 Å². The minimum Gasteiger partial charge on any atom is -0.464 e. The van der Waals surface area contributed by atoms with E-state index >= 15 is 0 Å². The van der Waals surface area contributed by atoms with E-state index in [1.807, 2.05) is 22.6 Å². The first-order valence-electron chi connectivity index (χ1n) is 5.51. The molecule has 0 bridgehead atoms. The van der Waals surface area contributed by atoms with Gasteiger partial charge in [0.05, 0.1) is 23.0 Å². The maximum absolute atomic E-state index is 12.0. The highest BCUT2D eigenvalue weighted by atomic mass is 127. The van der Waals surface area contributed by atoms with Crippen molar-refractivity contribution in [2.45, 2.75) is 26.3 Å². The summed E-state index contributed by atoms with van der Waals surface area (Å²) in [5.41, 5.74) is -1.59. The molecule has 0 aromatic carbocycles. The van der Waals surface area contributed by atoms with Gasteiger partial charge in [-0.1, -0.05) is 0 Å². The van der Waals surface area contributed by atoms with Crippen LogP contribution >= 0.6 is 22.6 Å². The van der Waals surface area contributed by atoms with Crippen LogP contribution in [-0.4, -0.2) is 34.9 Å². The Hall–Kier alpha value is -1.12. The number of halogens is 1. The third-order valence-corrected chi connectivity index (χ3v) is 2.91. The lowest BCUT2D eigenvalue weighted by molar-refractivity contribution is -0.169. The lowest BCUT2D eigenvalue weighted by Crippen LogP contribution is -2.49. The fourth-order valence-electron chi connectivity index (χ4n) is 1.36. The van der Waals surface area contributed by atoms with Crippen LogP contribution in [0, 0.1) is 3.57 Å². The Balaban J connectivity index is 3.16. The maximum atomic E-state index is 12.0. The van der Waals surface area contributed by atoms with E-state index in [4.69, 9.17) is 9.47 Å². The molecule has 18 heavy (non-hydrogen) atoms. The smallest absolute Gasteiger partial charge is 0.345 e. The first kappa shape index (κ1) is 14.9. The highest BCUT2D eigenvalue weighted by Crippen LogP contribution is 2.21. The molecule has 1 heterocycles. The summed E-state index contributed by atoms with van der Waals surface area (Å²) in [6.07, 6.45) is 3.14. The van der Waals surface area contributed by atoms with Crippen LogP contribution in [0.2, 0.25) is 0 Å². The van der Waals surface area contributed by atoms with Gasteiger partial charge >= 0.3 is 11.9 Å². The largest absolute Gasteiger partial charge is 0.464 e. The molecule has 1 rings (SSSR count). The molecule has 0 aliphatic carbocycles. The van der Waals surface area contributed by atoms with E-state index in [0.29, 0.717) is 0 Å². The van der Waals surface area contributed by atoms with Gasteiger partial charge in [-0.3, -0.25) is 0 Å². The normalized spacial score (nSPS) is 11.1. The highest BCUT2D eigenvalue weighted by Gasteiger charge is 2.47. The highest BCUT2D eigenvalue weighted by molar-refractivity contribution is 14.1. The molecule has 0 aliphatic rings. The second-order valence-corrected chi connectivity index (χ2v) is 4.86. The Labute approximate surface area is 119 Å². The number of esters is 2. The molecular formula is C11H15IN2O4. The van der Waals surface area contributed by atoms with Gasteiger partial charge in [0.2, 0.25) is 0 Å². The van der Waals surface area contributed by atoms with Crippen LogP contribution in [0.15, 0.2) is 12.4 Å². The number of nitrogens with zero attached hydrogens (tertiary/aromatic N) is 2. The van der Waals surface area contributed by atoms with Crippen molar-refractivity contribution in [1.29, 1.82) is 0 Å². The average Bonchev–Trinajstić information content (AvgIpc) is 2.75. The number of carbonyl (C=O) groups excluding carboxylic acids is 2. The van der Waals surface area contributed by atoms with Crippen molar-refractivity contribution < 1.29 is 19.1 Å².